The Morgan fingerprint density at radius 3 is 2.20 bits per heavy atom. The van der Waals surface area contributed by atoms with Crippen molar-refractivity contribution < 1.29 is 9.84 Å². The van der Waals surface area contributed by atoms with Gasteiger partial charge < -0.3 is 9.84 Å². The van der Waals surface area contributed by atoms with Crippen LogP contribution in [0.2, 0.25) is 0 Å². The van der Waals surface area contributed by atoms with E-state index in [4.69, 9.17) is 4.74 Å². The predicted molar refractivity (Wildman–Crippen MR) is 59.9 cm³/mol. The second-order valence-electron chi connectivity index (χ2n) is 5.03. The van der Waals surface area contributed by atoms with Crippen molar-refractivity contribution in [3.8, 4) is 0 Å². The molecule has 1 aliphatic heterocycles. The molecular weight excluding hydrogens is 190 g/mol. The van der Waals surface area contributed by atoms with Gasteiger partial charge in [0.25, 0.3) is 0 Å². The van der Waals surface area contributed by atoms with E-state index in [0.29, 0.717) is 0 Å². The Morgan fingerprint density at radius 2 is 1.60 bits per heavy atom. The van der Waals surface area contributed by atoms with Crippen molar-refractivity contribution in [2.24, 2.45) is 0 Å². The Hall–Kier alpha value is -0.120. The molecule has 3 heteroatoms. The van der Waals surface area contributed by atoms with E-state index in [9.17, 15) is 5.11 Å². The molecule has 88 valence electrons. The Kier molecular flexibility index (Phi) is 4.00. The summed E-state index contributed by atoms with van der Waals surface area (Å²) in [5.41, 5.74) is -0.409. The topological polar surface area (TPSA) is 32.7 Å². The lowest BCUT2D eigenvalue weighted by atomic mass is 9.94. The van der Waals surface area contributed by atoms with Gasteiger partial charge in [-0.2, -0.15) is 0 Å². The smallest absolute Gasteiger partial charge is 0.0774 e. The highest BCUT2D eigenvalue weighted by molar-refractivity contribution is 4.85. The molecule has 1 N–H and O–H groups in total. The molecule has 0 bridgehead atoms. The molecular formula is C12H23NO2. The molecule has 0 atom stereocenters. The zero-order valence-electron chi connectivity index (χ0n) is 9.58. The molecule has 2 rings (SSSR count). The molecule has 15 heavy (non-hydrogen) atoms. The van der Waals surface area contributed by atoms with Gasteiger partial charge in [0.05, 0.1) is 18.8 Å². The predicted octanol–water partition coefficient (Wildman–Crippen LogP) is 1.40. The molecule has 0 aromatic heterocycles. The van der Waals surface area contributed by atoms with E-state index in [-0.39, 0.29) is 0 Å². The van der Waals surface area contributed by atoms with E-state index in [1.807, 2.05) is 0 Å². The van der Waals surface area contributed by atoms with Gasteiger partial charge in [-0.05, 0) is 12.8 Å². The standard InChI is InChI=1S/C12H23NO2/c14-12(5-3-1-2-4-6-12)11-13-7-9-15-10-8-13/h14H,1-11H2. The van der Waals surface area contributed by atoms with E-state index >= 15 is 0 Å². The number of ether oxygens (including phenoxy) is 1. The molecule has 1 saturated heterocycles. The number of nitrogens with zero attached hydrogens (tertiary/aromatic N) is 1. The maximum absolute atomic E-state index is 10.5. The van der Waals surface area contributed by atoms with Gasteiger partial charge in [-0.15, -0.1) is 0 Å². The van der Waals surface area contributed by atoms with Crippen LogP contribution in [0.1, 0.15) is 38.5 Å². The fourth-order valence-electron chi connectivity index (χ4n) is 2.72. The van der Waals surface area contributed by atoms with Crippen LogP contribution in [-0.4, -0.2) is 48.5 Å². The van der Waals surface area contributed by atoms with Gasteiger partial charge in [0.2, 0.25) is 0 Å². The van der Waals surface area contributed by atoms with Crippen molar-refractivity contribution in [2.45, 2.75) is 44.1 Å². The highest BCUT2D eigenvalue weighted by Crippen LogP contribution is 2.27. The summed E-state index contributed by atoms with van der Waals surface area (Å²) in [4.78, 5) is 2.36. The van der Waals surface area contributed by atoms with Crippen LogP contribution in [0.3, 0.4) is 0 Å². The first-order chi connectivity index (χ1) is 7.29. The minimum Gasteiger partial charge on any atom is -0.389 e. The molecule has 0 aromatic carbocycles. The largest absolute Gasteiger partial charge is 0.389 e. The summed E-state index contributed by atoms with van der Waals surface area (Å²) in [6, 6.07) is 0. The Balaban J connectivity index is 1.83. The Labute approximate surface area is 92.4 Å². The van der Waals surface area contributed by atoms with Crippen LogP contribution >= 0.6 is 0 Å². The molecule has 0 spiro atoms. The van der Waals surface area contributed by atoms with E-state index < -0.39 is 5.60 Å². The van der Waals surface area contributed by atoms with Crippen LogP contribution in [0.5, 0.6) is 0 Å². The van der Waals surface area contributed by atoms with E-state index in [2.05, 4.69) is 4.90 Å². The zero-order chi connectivity index (χ0) is 10.6. The molecule has 3 nitrogen and oxygen atoms in total. The Morgan fingerprint density at radius 1 is 1.00 bits per heavy atom. The molecule has 0 aromatic rings. The monoisotopic (exact) mass is 213 g/mol. The van der Waals surface area contributed by atoms with Crippen molar-refractivity contribution in [3.05, 3.63) is 0 Å². The first-order valence-corrected chi connectivity index (χ1v) is 6.31. The minimum atomic E-state index is -0.409. The van der Waals surface area contributed by atoms with Gasteiger partial charge in [0.1, 0.15) is 0 Å². The third-order valence-electron chi connectivity index (χ3n) is 3.66. The van der Waals surface area contributed by atoms with Crippen molar-refractivity contribution >= 4 is 0 Å². The van der Waals surface area contributed by atoms with Crippen LogP contribution in [0.25, 0.3) is 0 Å². The number of aliphatic hydroxyl groups is 1. The van der Waals surface area contributed by atoms with Crippen molar-refractivity contribution in [1.29, 1.82) is 0 Å². The molecule has 0 radical (unpaired) electrons. The number of hydrogen-bond donors (Lipinski definition) is 1. The summed E-state index contributed by atoms with van der Waals surface area (Å²) in [7, 11) is 0. The number of β-amino-alcohol motifs (C(OH)–C–C–N with tert-alkyl or cyclic N) is 1. The van der Waals surface area contributed by atoms with Crippen LogP contribution in [0, 0.1) is 0 Å². The number of hydrogen-bond acceptors (Lipinski definition) is 3. The van der Waals surface area contributed by atoms with E-state index in [1.165, 1.54) is 25.7 Å². The Bertz CT molecular complexity index is 182. The van der Waals surface area contributed by atoms with Crippen LogP contribution in [0.15, 0.2) is 0 Å². The summed E-state index contributed by atoms with van der Waals surface area (Å²) in [6.07, 6.45) is 6.97. The van der Waals surface area contributed by atoms with Gasteiger partial charge in [-0.1, -0.05) is 25.7 Å². The second-order valence-corrected chi connectivity index (χ2v) is 5.03. The van der Waals surface area contributed by atoms with E-state index in [0.717, 1.165) is 45.7 Å². The molecule has 1 heterocycles. The lowest BCUT2D eigenvalue weighted by Gasteiger charge is -2.35. The molecule has 1 aliphatic carbocycles. The van der Waals surface area contributed by atoms with Crippen LogP contribution < -0.4 is 0 Å². The summed E-state index contributed by atoms with van der Waals surface area (Å²) in [6.45, 7) is 4.49. The first-order valence-electron chi connectivity index (χ1n) is 6.31. The molecule has 1 saturated carbocycles. The minimum absolute atomic E-state index is 0.409. The van der Waals surface area contributed by atoms with E-state index in [1.54, 1.807) is 0 Å². The SMILES string of the molecule is OC1(CN2CCOCC2)CCCCCC1. The summed E-state index contributed by atoms with van der Waals surface area (Å²) in [5.74, 6) is 0. The van der Waals surface area contributed by atoms with Gasteiger partial charge >= 0.3 is 0 Å². The third kappa shape index (κ3) is 3.44. The van der Waals surface area contributed by atoms with Gasteiger partial charge in [0.15, 0.2) is 0 Å². The van der Waals surface area contributed by atoms with Crippen molar-refractivity contribution in [1.82, 2.24) is 4.90 Å². The highest BCUT2D eigenvalue weighted by Gasteiger charge is 2.30. The average Bonchev–Trinajstić information content (AvgIpc) is 2.45. The quantitative estimate of drug-likeness (QED) is 0.704. The average molecular weight is 213 g/mol. The number of morpholine rings is 1. The van der Waals surface area contributed by atoms with Gasteiger partial charge in [-0.3, -0.25) is 4.90 Å². The highest BCUT2D eigenvalue weighted by atomic mass is 16.5. The third-order valence-corrected chi connectivity index (χ3v) is 3.66. The molecule has 0 unspecified atom stereocenters. The molecule has 2 fully saturated rings. The van der Waals surface area contributed by atoms with Gasteiger partial charge in [0, 0.05) is 19.6 Å². The first kappa shape index (κ1) is 11.4. The lowest BCUT2D eigenvalue weighted by Crippen LogP contribution is -2.47. The van der Waals surface area contributed by atoms with Crippen LogP contribution in [0.4, 0.5) is 0 Å². The summed E-state index contributed by atoms with van der Waals surface area (Å²) >= 11 is 0. The van der Waals surface area contributed by atoms with Gasteiger partial charge in [-0.25, -0.2) is 0 Å². The molecule has 0 amide bonds. The maximum Gasteiger partial charge on any atom is 0.0774 e. The lowest BCUT2D eigenvalue weighted by molar-refractivity contribution is -0.0397. The normalized spacial score (nSPS) is 28.6. The second kappa shape index (κ2) is 5.28. The number of rotatable bonds is 2. The summed E-state index contributed by atoms with van der Waals surface area (Å²) in [5, 5.41) is 10.5. The summed E-state index contributed by atoms with van der Waals surface area (Å²) < 4.78 is 5.32. The maximum atomic E-state index is 10.5. The van der Waals surface area contributed by atoms with Crippen LogP contribution in [-0.2, 0) is 4.74 Å². The molecule has 2 aliphatic rings. The van der Waals surface area contributed by atoms with Crippen molar-refractivity contribution in [2.75, 3.05) is 32.8 Å². The zero-order valence-corrected chi connectivity index (χ0v) is 9.58. The fraction of sp³-hybridized carbons (Fsp3) is 1.00. The van der Waals surface area contributed by atoms with Crippen molar-refractivity contribution in [3.63, 3.8) is 0 Å². The fourth-order valence-corrected chi connectivity index (χ4v) is 2.72.